The molecule has 30 heavy (non-hydrogen) atoms. The second kappa shape index (κ2) is 8.95. The van der Waals surface area contributed by atoms with E-state index in [9.17, 15) is 4.79 Å². The first-order valence-corrected chi connectivity index (χ1v) is 10.9. The molecular formula is C22H17N5OS2. The van der Waals surface area contributed by atoms with Gasteiger partial charge in [-0.1, -0.05) is 42.1 Å². The standard InChI is InChI=1S/C22H17N5OS2/c1-14(20(28)27-21-15(13-23)11-12-29-21)30-22-25-18-10-6-5-9-17(18)19(26-22)24-16-7-3-2-4-8-16/h2-12,14H,1H3,(H,27,28)(H,24,25,26)/t14-/m0/s1. The highest BCUT2D eigenvalue weighted by Crippen LogP contribution is 2.30. The Morgan fingerprint density at radius 1 is 1.10 bits per heavy atom. The molecule has 0 fully saturated rings. The number of nitrogens with one attached hydrogen (secondary N) is 2. The first-order chi connectivity index (χ1) is 14.6. The van der Waals surface area contributed by atoms with Gasteiger partial charge in [0.25, 0.3) is 0 Å². The molecule has 8 heteroatoms. The summed E-state index contributed by atoms with van der Waals surface area (Å²) in [7, 11) is 0. The summed E-state index contributed by atoms with van der Waals surface area (Å²) in [5.74, 6) is 0.486. The molecule has 2 N–H and O–H groups in total. The molecule has 0 aliphatic carbocycles. The average molecular weight is 432 g/mol. The van der Waals surface area contributed by atoms with Crippen LogP contribution in [-0.2, 0) is 4.79 Å². The predicted octanol–water partition coefficient (Wildman–Crippen LogP) is 5.43. The normalized spacial score (nSPS) is 11.6. The number of aromatic nitrogens is 2. The molecule has 0 aliphatic rings. The number of amides is 1. The monoisotopic (exact) mass is 431 g/mol. The molecule has 2 aromatic carbocycles. The Morgan fingerprint density at radius 3 is 2.67 bits per heavy atom. The van der Waals surface area contributed by atoms with Crippen molar-refractivity contribution in [3.8, 4) is 6.07 Å². The van der Waals surface area contributed by atoms with Gasteiger partial charge in [0, 0.05) is 11.1 Å². The van der Waals surface area contributed by atoms with Gasteiger partial charge in [0.2, 0.25) is 5.91 Å². The number of para-hydroxylation sites is 2. The molecule has 0 unspecified atom stereocenters. The topological polar surface area (TPSA) is 90.7 Å². The van der Waals surface area contributed by atoms with Crippen LogP contribution in [-0.4, -0.2) is 21.1 Å². The van der Waals surface area contributed by atoms with Crippen LogP contribution in [0.5, 0.6) is 0 Å². The molecule has 6 nitrogen and oxygen atoms in total. The summed E-state index contributed by atoms with van der Waals surface area (Å²) in [5.41, 5.74) is 2.18. The molecule has 0 radical (unpaired) electrons. The van der Waals surface area contributed by atoms with Gasteiger partial charge in [-0.25, -0.2) is 9.97 Å². The van der Waals surface area contributed by atoms with Gasteiger partial charge in [0.1, 0.15) is 16.9 Å². The van der Waals surface area contributed by atoms with E-state index in [1.165, 1.54) is 23.1 Å². The predicted molar refractivity (Wildman–Crippen MR) is 122 cm³/mol. The maximum atomic E-state index is 12.6. The van der Waals surface area contributed by atoms with Crippen molar-refractivity contribution in [1.82, 2.24) is 9.97 Å². The van der Waals surface area contributed by atoms with Crippen LogP contribution in [0.1, 0.15) is 12.5 Å². The lowest BCUT2D eigenvalue weighted by Crippen LogP contribution is -2.22. The minimum absolute atomic E-state index is 0.201. The number of nitriles is 1. The van der Waals surface area contributed by atoms with Crippen molar-refractivity contribution >= 4 is 56.4 Å². The van der Waals surface area contributed by atoms with Crippen LogP contribution in [0.4, 0.5) is 16.5 Å². The van der Waals surface area contributed by atoms with Gasteiger partial charge in [0.15, 0.2) is 5.16 Å². The second-order valence-corrected chi connectivity index (χ2v) is 8.61. The van der Waals surface area contributed by atoms with Gasteiger partial charge in [0.05, 0.1) is 16.3 Å². The Hall–Kier alpha value is -3.41. The van der Waals surface area contributed by atoms with Crippen molar-refractivity contribution in [3.05, 3.63) is 71.6 Å². The zero-order chi connectivity index (χ0) is 20.9. The Morgan fingerprint density at radius 2 is 1.87 bits per heavy atom. The average Bonchev–Trinajstić information content (AvgIpc) is 3.21. The van der Waals surface area contributed by atoms with Gasteiger partial charge < -0.3 is 10.6 Å². The van der Waals surface area contributed by atoms with Crippen molar-refractivity contribution in [1.29, 1.82) is 5.26 Å². The highest BCUT2D eigenvalue weighted by atomic mass is 32.2. The molecule has 148 valence electrons. The number of thioether (sulfide) groups is 1. The molecular weight excluding hydrogens is 414 g/mol. The number of carbonyl (C=O) groups is 1. The minimum Gasteiger partial charge on any atom is -0.340 e. The number of carbonyl (C=O) groups excluding carboxylic acids is 1. The van der Waals surface area contributed by atoms with Gasteiger partial charge in [-0.05, 0) is 42.6 Å². The number of hydrogen-bond donors (Lipinski definition) is 2. The summed E-state index contributed by atoms with van der Waals surface area (Å²) in [6.45, 7) is 1.79. The van der Waals surface area contributed by atoms with Gasteiger partial charge in [-0.2, -0.15) is 5.26 Å². The van der Waals surface area contributed by atoms with Crippen LogP contribution in [0, 0.1) is 11.3 Å². The summed E-state index contributed by atoms with van der Waals surface area (Å²) in [4.78, 5) is 21.9. The van der Waals surface area contributed by atoms with E-state index in [2.05, 4.69) is 26.7 Å². The zero-order valence-corrected chi connectivity index (χ0v) is 17.6. The van der Waals surface area contributed by atoms with Crippen LogP contribution in [0.25, 0.3) is 10.9 Å². The van der Waals surface area contributed by atoms with Crippen LogP contribution in [0.15, 0.2) is 71.2 Å². The Bertz CT molecular complexity index is 1230. The van der Waals surface area contributed by atoms with Gasteiger partial charge in [-0.3, -0.25) is 4.79 Å². The van der Waals surface area contributed by atoms with Gasteiger partial charge >= 0.3 is 0 Å². The third-order valence-corrected chi connectivity index (χ3v) is 6.08. The summed E-state index contributed by atoms with van der Waals surface area (Å²) in [6.07, 6.45) is 0. The van der Waals surface area contributed by atoms with Crippen LogP contribution >= 0.6 is 23.1 Å². The van der Waals surface area contributed by atoms with E-state index in [1.54, 1.807) is 18.4 Å². The molecule has 0 aliphatic heterocycles. The summed E-state index contributed by atoms with van der Waals surface area (Å²) in [5, 5.41) is 18.6. The molecule has 0 saturated heterocycles. The third-order valence-electron chi connectivity index (χ3n) is 4.29. The molecule has 2 heterocycles. The number of nitrogens with zero attached hydrogens (tertiary/aromatic N) is 3. The second-order valence-electron chi connectivity index (χ2n) is 6.39. The van der Waals surface area contributed by atoms with E-state index in [1.807, 2.05) is 54.6 Å². The van der Waals surface area contributed by atoms with Gasteiger partial charge in [-0.15, -0.1) is 11.3 Å². The Balaban J connectivity index is 1.58. The Kier molecular flexibility index (Phi) is 5.93. The van der Waals surface area contributed by atoms with Crippen molar-refractivity contribution in [2.75, 3.05) is 10.6 Å². The molecule has 1 atom stereocenters. The number of fused-ring (bicyclic) bond motifs is 1. The summed E-state index contributed by atoms with van der Waals surface area (Å²) >= 11 is 2.60. The van der Waals surface area contributed by atoms with Crippen LogP contribution in [0.2, 0.25) is 0 Å². The molecule has 1 amide bonds. The number of benzene rings is 2. The Labute approximate surface area is 182 Å². The van der Waals surface area contributed by atoms with E-state index in [0.717, 1.165) is 16.6 Å². The summed E-state index contributed by atoms with van der Waals surface area (Å²) in [6, 6.07) is 21.3. The smallest absolute Gasteiger partial charge is 0.238 e. The fourth-order valence-electron chi connectivity index (χ4n) is 2.78. The fraction of sp³-hybridized carbons (Fsp3) is 0.0909. The SMILES string of the molecule is C[C@H](Sc1nc(Nc2ccccc2)c2ccccc2n1)C(=O)Nc1sccc1C#N. The minimum atomic E-state index is -0.440. The maximum absolute atomic E-state index is 12.6. The third kappa shape index (κ3) is 4.43. The first kappa shape index (κ1) is 19.9. The van der Waals surface area contributed by atoms with E-state index in [4.69, 9.17) is 5.26 Å². The van der Waals surface area contributed by atoms with Crippen molar-refractivity contribution in [3.63, 3.8) is 0 Å². The molecule has 4 rings (SSSR count). The van der Waals surface area contributed by atoms with Crippen LogP contribution in [0.3, 0.4) is 0 Å². The highest BCUT2D eigenvalue weighted by molar-refractivity contribution is 8.00. The lowest BCUT2D eigenvalue weighted by Gasteiger charge is -2.13. The first-order valence-electron chi connectivity index (χ1n) is 9.18. The molecule has 0 spiro atoms. The van der Waals surface area contributed by atoms with Crippen molar-refractivity contribution in [2.45, 2.75) is 17.3 Å². The van der Waals surface area contributed by atoms with Crippen molar-refractivity contribution in [2.24, 2.45) is 0 Å². The van der Waals surface area contributed by atoms with Crippen molar-refractivity contribution < 1.29 is 4.79 Å². The molecule has 0 saturated carbocycles. The number of anilines is 3. The fourth-order valence-corrected chi connectivity index (χ4v) is 4.30. The number of thiophene rings is 1. The molecule has 4 aromatic rings. The van der Waals surface area contributed by atoms with E-state index >= 15 is 0 Å². The van der Waals surface area contributed by atoms with E-state index in [-0.39, 0.29) is 5.91 Å². The molecule has 2 aromatic heterocycles. The number of hydrogen-bond acceptors (Lipinski definition) is 7. The summed E-state index contributed by atoms with van der Waals surface area (Å²) < 4.78 is 0. The van der Waals surface area contributed by atoms with Crippen LogP contribution < -0.4 is 10.6 Å². The number of rotatable bonds is 6. The van der Waals surface area contributed by atoms with E-state index < -0.39 is 5.25 Å². The largest absolute Gasteiger partial charge is 0.340 e. The zero-order valence-electron chi connectivity index (χ0n) is 16.0. The highest BCUT2D eigenvalue weighted by Gasteiger charge is 2.19. The maximum Gasteiger partial charge on any atom is 0.238 e. The van der Waals surface area contributed by atoms with E-state index in [0.29, 0.717) is 21.5 Å². The quantitative estimate of drug-likeness (QED) is 0.313. The molecule has 0 bridgehead atoms. The lowest BCUT2D eigenvalue weighted by atomic mass is 10.2. The lowest BCUT2D eigenvalue weighted by molar-refractivity contribution is -0.115.